The molecule has 38 heavy (non-hydrogen) atoms. The predicted molar refractivity (Wildman–Crippen MR) is 138 cm³/mol. The molecular weight excluding hydrogens is 496 g/mol. The lowest BCUT2D eigenvalue weighted by Gasteiger charge is -2.31. The number of ketones is 1. The summed E-state index contributed by atoms with van der Waals surface area (Å²) >= 11 is 0. The Labute approximate surface area is 222 Å². The number of hydrogen-bond acceptors (Lipinski definition) is 8. The molecule has 0 aliphatic heterocycles. The van der Waals surface area contributed by atoms with Gasteiger partial charge in [-0.3, -0.25) is 4.79 Å². The highest BCUT2D eigenvalue weighted by Crippen LogP contribution is 2.30. The molecule has 11 heteroatoms. The van der Waals surface area contributed by atoms with Crippen molar-refractivity contribution in [1.29, 1.82) is 0 Å². The normalized spacial score (nSPS) is 12.3. The summed E-state index contributed by atoms with van der Waals surface area (Å²) in [5.74, 6) is 0.494. The molecule has 1 atom stereocenters. The zero-order valence-corrected chi connectivity index (χ0v) is 22.5. The molecule has 2 amide bonds. The first-order valence-electron chi connectivity index (χ1n) is 12.1. The van der Waals surface area contributed by atoms with Gasteiger partial charge in [0.2, 0.25) is 0 Å². The summed E-state index contributed by atoms with van der Waals surface area (Å²) in [6, 6.07) is 13.7. The van der Waals surface area contributed by atoms with Crippen LogP contribution in [0.4, 0.5) is 9.59 Å². The minimum atomic E-state index is -1.43. The Morgan fingerprint density at radius 1 is 0.921 bits per heavy atom. The number of rotatable bonds is 12. The van der Waals surface area contributed by atoms with Crippen LogP contribution < -0.4 is 20.3 Å². The van der Waals surface area contributed by atoms with E-state index in [-0.39, 0.29) is 25.1 Å². The lowest BCUT2D eigenvalue weighted by Crippen LogP contribution is -2.41. The fourth-order valence-corrected chi connectivity index (χ4v) is 3.28. The van der Waals surface area contributed by atoms with Crippen molar-refractivity contribution < 1.29 is 43.5 Å². The van der Waals surface area contributed by atoms with Gasteiger partial charge >= 0.3 is 12.2 Å². The Morgan fingerprint density at radius 2 is 1.61 bits per heavy atom. The van der Waals surface area contributed by atoms with Crippen LogP contribution in [0, 0.1) is 0 Å². The molecule has 0 aliphatic rings. The zero-order valence-electron chi connectivity index (χ0n) is 22.5. The quantitative estimate of drug-likeness (QED) is 0.151. The van der Waals surface area contributed by atoms with E-state index in [1.807, 2.05) is 53.0 Å². The first-order valence-corrected chi connectivity index (χ1v) is 12.1. The number of hydrazine groups is 1. The van der Waals surface area contributed by atoms with Crippen molar-refractivity contribution in [2.24, 2.45) is 0 Å². The summed E-state index contributed by atoms with van der Waals surface area (Å²) in [5, 5.41) is 8.47. The van der Waals surface area contributed by atoms with Gasteiger partial charge in [0.05, 0.1) is 17.3 Å². The third kappa shape index (κ3) is 11.1. The number of carbonyl (C=O) groups excluding carboxylic acids is 2. The molecule has 0 bridgehead atoms. The van der Waals surface area contributed by atoms with Crippen LogP contribution in [-0.2, 0) is 14.5 Å². The second-order valence-corrected chi connectivity index (χ2v) is 10.1. The van der Waals surface area contributed by atoms with E-state index >= 15 is 0 Å². The fraction of sp³-hybridized carbons (Fsp3) is 0.444. The Hall–Kier alpha value is -3.83. The number of carboxylic acid groups (broad SMARTS) is 1. The number of benzene rings is 2. The second-order valence-electron chi connectivity index (χ2n) is 10.1. The molecule has 0 saturated heterocycles. The first-order chi connectivity index (χ1) is 17.8. The van der Waals surface area contributed by atoms with E-state index in [9.17, 15) is 14.4 Å². The summed E-state index contributed by atoms with van der Waals surface area (Å²) in [7, 11) is 0. The third-order valence-corrected chi connectivity index (χ3v) is 4.71. The Morgan fingerprint density at radius 3 is 2.24 bits per heavy atom. The molecule has 0 aliphatic carbocycles. The molecule has 0 aromatic heterocycles. The number of hydrogen-bond donors (Lipinski definition) is 3. The van der Waals surface area contributed by atoms with Crippen LogP contribution in [0.5, 0.6) is 11.5 Å². The van der Waals surface area contributed by atoms with Gasteiger partial charge in [0, 0.05) is 18.1 Å². The molecule has 2 rings (SSSR count). The van der Waals surface area contributed by atoms with Crippen molar-refractivity contribution >= 4 is 18.0 Å². The summed E-state index contributed by atoms with van der Waals surface area (Å²) in [6.07, 6.45) is -2.31. The fourth-order valence-electron chi connectivity index (χ4n) is 3.28. The largest absolute Gasteiger partial charge is 0.490 e. The van der Waals surface area contributed by atoms with Crippen LogP contribution in [0.15, 0.2) is 48.5 Å². The molecule has 0 heterocycles. The average Bonchev–Trinajstić information content (AvgIpc) is 2.84. The monoisotopic (exact) mass is 532 g/mol. The van der Waals surface area contributed by atoms with E-state index in [0.717, 1.165) is 0 Å². The van der Waals surface area contributed by atoms with Crippen LogP contribution in [0.3, 0.4) is 0 Å². The standard InChI is InChI=1S/C27H36N2O9/c1-18(17-27(5,6)38-37-26(2,3)4)36-22-16-20(34-14-15-35-25(33)29-28-24(31)32)12-13-21(22)23(30)19-10-8-7-9-11-19/h7-13,16,18,28H,14-15,17H2,1-6H3,(H,29,33)(H,31,32). The molecule has 0 saturated carbocycles. The van der Waals surface area contributed by atoms with E-state index in [4.69, 9.17) is 29.1 Å². The number of carbonyl (C=O) groups is 3. The summed E-state index contributed by atoms with van der Waals surface area (Å²) in [6.45, 7) is 11.1. The summed E-state index contributed by atoms with van der Waals surface area (Å²) in [4.78, 5) is 46.1. The molecule has 1 unspecified atom stereocenters. The number of nitrogens with one attached hydrogen (secondary N) is 2. The topological polar surface area (TPSA) is 142 Å². The number of ether oxygens (including phenoxy) is 3. The van der Waals surface area contributed by atoms with Crippen molar-refractivity contribution in [3.8, 4) is 11.5 Å². The maximum atomic E-state index is 13.2. The van der Waals surface area contributed by atoms with Crippen molar-refractivity contribution in [2.75, 3.05) is 13.2 Å². The lowest BCUT2D eigenvalue weighted by atomic mass is 10.0. The molecule has 208 valence electrons. The maximum Gasteiger partial charge on any atom is 0.426 e. The van der Waals surface area contributed by atoms with Gasteiger partial charge in [0.1, 0.15) is 30.3 Å². The molecule has 11 nitrogen and oxygen atoms in total. The van der Waals surface area contributed by atoms with Crippen LogP contribution in [-0.4, -0.2) is 53.6 Å². The van der Waals surface area contributed by atoms with Crippen LogP contribution >= 0.6 is 0 Å². The van der Waals surface area contributed by atoms with E-state index in [0.29, 0.717) is 29.0 Å². The minimum Gasteiger partial charge on any atom is -0.490 e. The highest BCUT2D eigenvalue weighted by molar-refractivity contribution is 6.10. The summed E-state index contributed by atoms with van der Waals surface area (Å²) < 4.78 is 16.7. The van der Waals surface area contributed by atoms with Crippen LogP contribution in [0.25, 0.3) is 0 Å². The molecule has 2 aromatic carbocycles. The van der Waals surface area contributed by atoms with Crippen molar-refractivity contribution in [3.05, 3.63) is 59.7 Å². The highest BCUT2D eigenvalue weighted by Gasteiger charge is 2.28. The van der Waals surface area contributed by atoms with Crippen LogP contribution in [0.1, 0.15) is 63.9 Å². The molecular formula is C27H36N2O9. The molecule has 0 spiro atoms. The van der Waals surface area contributed by atoms with Gasteiger partial charge in [-0.2, -0.15) is 0 Å². The van der Waals surface area contributed by atoms with E-state index in [1.54, 1.807) is 47.9 Å². The van der Waals surface area contributed by atoms with Crippen LogP contribution in [0.2, 0.25) is 0 Å². The summed E-state index contributed by atoms with van der Waals surface area (Å²) in [5.41, 5.74) is 3.24. The molecule has 0 radical (unpaired) electrons. The molecule has 0 fully saturated rings. The van der Waals surface area contributed by atoms with Crippen molar-refractivity contribution in [2.45, 2.75) is 65.3 Å². The Bertz CT molecular complexity index is 1080. The Kier molecular flexibility index (Phi) is 10.9. The SMILES string of the molecule is CC(CC(C)(C)OOC(C)(C)C)Oc1cc(OCCOC(=O)NNC(=O)O)ccc1C(=O)c1ccccc1. The van der Waals surface area contributed by atoms with Crippen molar-refractivity contribution in [1.82, 2.24) is 10.9 Å². The second kappa shape index (κ2) is 13.6. The van der Waals surface area contributed by atoms with Gasteiger partial charge in [-0.1, -0.05) is 30.3 Å². The van der Waals surface area contributed by atoms with E-state index in [1.165, 1.54) is 0 Å². The number of amides is 2. The van der Waals surface area contributed by atoms with E-state index in [2.05, 4.69) is 0 Å². The van der Waals surface area contributed by atoms with Gasteiger partial charge in [-0.25, -0.2) is 30.2 Å². The Balaban J connectivity index is 2.12. The van der Waals surface area contributed by atoms with Crippen molar-refractivity contribution in [3.63, 3.8) is 0 Å². The van der Waals surface area contributed by atoms with Gasteiger partial charge in [0.25, 0.3) is 0 Å². The van der Waals surface area contributed by atoms with Gasteiger partial charge in [0.15, 0.2) is 5.78 Å². The van der Waals surface area contributed by atoms with Gasteiger partial charge < -0.3 is 19.3 Å². The minimum absolute atomic E-state index is 0.0214. The molecule has 2 aromatic rings. The highest BCUT2D eigenvalue weighted by atomic mass is 17.2. The maximum absolute atomic E-state index is 13.2. The smallest absolute Gasteiger partial charge is 0.426 e. The van der Waals surface area contributed by atoms with Gasteiger partial charge in [-0.05, 0) is 53.7 Å². The third-order valence-electron chi connectivity index (χ3n) is 4.71. The average molecular weight is 533 g/mol. The first kappa shape index (κ1) is 30.4. The molecule has 3 N–H and O–H groups in total. The lowest BCUT2D eigenvalue weighted by molar-refractivity contribution is -0.399. The van der Waals surface area contributed by atoms with E-state index < -0.39 is 23.4 Å². The zero-order chi connectivity index (χ0) is 28.3. The van der Waals surface area contributed by atoms with Gasteiger partial charge in [-0.15, -0.1) is 0 Å². The predicted octanol–water partition coefficient (Wildman–Crippen LogP) is 4.89.